The Morgan fingerprint density at radius 2 is 1.61 bits per heavy atom. The average molecular weight is 463 g/mol. The lowest BCUT2D eigenvalue weighted by Gasteiger charge is -2.26. The average Bonchev–Trinajstić information content (AvgIpc) is 3.10. The van der Waals surface area contributed by atoms with E-state index in [0.29, 0.717) is 22.2 Å². The summed E-state index contributed by atoms with van der Waals surface area (Å²) >= 11 is 0. The van der Waals surface area contributed by atoms with Gasteiger partial charge in [-0.3, -0.25) is 4.79 Å². The Labute approximate surface area is 192 Å². The second-order valence-corrected chi connectivity index (χ2v) is 10.6. The molecule has 0 radical (unpaired) electrons. The van der Waals surface area contributed by atoms with Crippen molar-refractivity contribution in [2.45, 2.75) is 61.8 Å². The van der Waals surface area contributed by atoms with Gasteiger partial charge < -0.3 is 9.88 Å². The standard InChI is InChI=1S/C25H26N4O3S/c1-16-12-14-19(15-13-16)33(31,32)23-22-24(28-21-11-7-6-10-20(21)27-22)29(25(23)26-17(2)30)18-8-4-3-5-9-18/h6-7,10-15,18H,3-5,8-9H2,1-2H3,(H,26,30). The van der Waals surface area contributed by atoms with E-state index >= 15 is 0 Å². The molecule has 1 amide bonds. The zero-order chi connectivity index (χ0) is 23.2. The molecule has 2 aromatic carbocycles. The van der Waals surface area contributed by atoms with E-state index in [1.165, 1.54) is 6.92 Å². The van der Waals surface area contributed by atoms with Crippen LogP contribution in [-0.4, -0.2) is 28.9 Å². The van der Waals surface area contributed by atoms with Gasteiger partial charge in [-0.25, -0.2) is 18.4 Å². The Hall–Kier alpha value is -3.26. The highest BCUT2D eigenvalue weighted by Crippen LogP contribution is 2.42. The minimum atomic E-state index is -3.98. The number of hydrogen-bond acceptors (Lipinski definition) is 5. The summed E-state index contributed by atoms with van der Waals surface area (Å²) < 4.78 is 29.8. The highest BCUT2D eigenvalue weighted by Gasteiger charge is 2.34. The number of amides is 1. The van der Waals surface area contributed by atoms with Crippen LogP contribution in [0, 0.1) is 6.92 Å². The molecule has 1 N–H and O–H groups in total. The molecular weight excluding hydrogens is 436 g/mol. The van der Waals surface area contributed by atoms with E-state index < -0.39 is 9.84 Å². The number of hydrogen-bond donors (Lipinski definition) is 1. The molecule has 1 aliphatic rings. The third-order valence-corrected chi connectivity index (χ3v) is 8.10. The summed E-state index contributed by atoms with van der Waals surface area (Å²) in [6.45, 7) is 3.30. The maximum atomic E-state index is 14.0. The quantitative estimate of drug-likeness (QED) is 0.450. The highest BCUT2D eigenvalue weighted by atomic mass is 32.2. The number of sulfone groups is 1. The van der Waals surface area contributed by atoms with Gasteiger partial charge in [-0.15, -0.1) is 0 Å². The second-order valence-electron chi connectivity index (χ2n) is 8.72. The van der Waals surface area contributed by atoms with Crippen LogP contribution in [0.3, 0.4) is 0 Å². The Balaban J connectivity index is 1.89. The largest absolute Gasteiger partial charge is 0.311 e. The van der Waals surface area contributed by atoms with Crippen molar-refractivity contribution in [2.24, 2.45) is 0 Å². The fraction of sp³-hybridized carbons (Fsp3) is 0.320. The van der Waals surface area contributed by atoms with Gasteiger partial charge in [-0.05, 0) is 44.0 Å². The lowest BCUT2D eigenvalue weighted by Crippen LogP contribution is -2.19. The molecule has 33 heavy (non-hydrogen) atoms. The Bertz CT molecular complexity index is 1470. The van der Waals surface area contributed by atoms with Crippen LogP contribution in [0.5, 0.6) is 0 Å². The molecule has 4 aromatic rings. The van der Waals surface area contributed by atoms with Gasteiger partial charge in [0.1, 0.15) is 16.2 Å². The number of nitrogens with zero attached hydrogens (tertiary/aromatic N) is 3. The zero-order valence-corrected chi connectivity index (χ0v) is 19.5. The number of benzene rings is 2. The number of anilines is 1. The molecule has 5 rings (SSSR count). The number of nitrogens with one attached hydrogen (secondary N) is 1. The molecule has 1 saturated carbocycles. The summed E-state index contributed by atoms with van der Waals surface area (Å²) in [7, 11) is -3.98. The molecule has 2 aromatic heterocycles. The van der Waals surface area contributed by atoms with Gasteiger partial charge in [0.15, 0.2) is 5.65 Å². The first-order valence-electron chi connectivity index (χ1n) is 11.3. The first-order valence-corrected chi connectivity index (χ1v) is 12.7. The van der Waals surface area contributed by atoms with Gasteiger partial charge >= 0.3 is 0 Å². The number of carbonyl (C=O) groups excluding carboxylic acids is 1. The van der Waals surface area contributed by atoms with E-state index in [2.05, 4.69) is 5.32 Å². The van der Waals surface area contributed by atoms with Crippen LogP contribution in [0.25, 0.3) is 22.2 Å². The van der Waals surface area contributed by atoms with Crippen molar-refractivity contribution in [3.05, 3.63) is 54.1 Å². The van der Waals surface area contributed by atoms with Gasteiger partial charge in [-0.2, -0.15) is 0 Å². The number of aromatic nitrogens is 3. The van der Waals surface area contributed by atoms with Crippen LogP contribution in [0.15, 0.2) is 58.3 Å². The minimum Gasteiger partial charge on any atom is -0.311 e. The molecule has 0 saturated heterocycles. The number of aryl methyl sites for hydroxylation is 1. The summed E-state index contributed by atoms with van der Waals surface area (Å²) in [5.74, 6) is -0.0694. The summed E-state index contributed by atoms with van der Waals surface area (Å²) in [6.07, 6.45) is 5.04. The Morgan fingerprint density at radius 3 is 2.24 bits per heavy atom. The molecule has 1 fully saturated rings. The molecular formula is C25H26N4O3S. The van der Waals surface area contributed by atoms with Crippen LogP contribution >= 0.6 is 0 Å². The third-order valence-electron chi connectivity index (χ3n) is 6.29. The number of para-hydroxylation sites is 2. The van der Waals surface area contributed by atoms with Crippen molar-refractivity contribution in [1.29, 1.82) is 0 Å². The van der Waals surface area contributed by atoms with Gasteiger partial charge in [-0.1, -0.05) is 49.1 Å². The monoisotopic (exact) mass is 462 g/mol. The van der Waals surface area contributed by atoms with E-state index in [0.717, 1.165) is 37.7 Å². The van der Waals surface area contributed by atoms with Crippen molar-refractivity contribution in [1.82, 2.24) is 14.5 Å². The van der Waals surface area contributed by atoms with E-state index in [4.69, 9.17) is 9.97 Å². The van der Waals surface area contributed by atoms with Gasteiger partial charge in [0.25, 0.3) is 0 Å². The van der Waals surface area contributed by atoms with Crippen LogP contribution in [-0.2, 0) is 14.6 Å². The highest BCUT2D eigenvalue weighted by molar-refractivity contribution is 7.92. The van der Waals surface area contributed by atoms with Crippen molar-refractivity contribution < 1.29 is 13.2 Å². The maximum absolute atomic E-state index is 14.0. The zero-order valence-electron chi connectivity index (χ0n) is 18.7. The maximum Gasteiger partial charge on any atom is 0.222 e. The van der Waals surface area contributed by atoms with Crippen molar-refractivity contribution in [3.8, 4) is 0 Å². The first kappa shape index (κ1) is 21.6. The third kappa shape index (κ3) is 3.78. The van der Waals surface area contributed by atoms with Crippen LogP contribution in [0.1, 0.15) is 50.6 Å². The van der Waals surface area contributed by atoms with Crippen LogP contribution in [0.2, 0.25) is 0 Å². The molecule has 0 aliphatic heterocycles. The van der Waals surface area contributed by atoms with Gasteiger partial charge in [0, 0.05) is 13.0 Å². The number of rotatable bonds is 4. The van der Waals surface area contributed by atoms with E-state index in [9.17, 15) is 13.2 Å². The summed E-state index contributed by atoms with van der Waals surface area (Å²) in [5, 5.41) is 2.84. The first-order chi connectivity index (χ1) is 15.9. The number of fused-ring (bicyclic) bond motifs is 2. The Kier molecular flexibility index (Phi) is 5.40. The lowest BCUT2D eigenvalue weighted by atomic mass is 9.95. The van der Waals surface area contributed by atoms with Crippen LogP contribution in [0.4, 0.5) is 5.82 Å². The fourth-order valence-corrected chi connectivity index (χ4v) is 6.23. The summed E-state index contributed by atoms with van der Waals surface area (Å²) in [6, 6.07) is 14.2. The topological polar surface area (TPSA) is 93.9 Å². The van der Waals surface area contributed by atoms with Gasteiger partial charge in [0.2, 0.25) is 15.7 Å². The number of carbonyl (C=O) groups is 1. The summed E-state index contributed by atoms with van der Waals surface area (Å²) in [5.41, 5.74) is 3.05. The van der Waals surface area contributed by atoms with Crippen molar-refractivity contribution in [3.63, 3.8) is 0 Å². The molecule has 0 unspecified atom stereocenters. The molecule has 170 valence electrons. The van der Waals surface area contributed by atoms with Gasteiger partial charge in [0.05, 0.1) is 15.9 Å². The molecule has 0 atom stereocenters. The molecule has 0 bridgehead atoms. The van der Waals surface area contributed by atoms with Crippen LogP contribution < -0.4 is 5.32 Å². The van der Waals surface area contributed by atoms with Crippen molar-refractivity contribution >= 4 is 43.8 Å². The normalized spacial score (nSPS) is 15.2. The minimum absolute atomic E-state index is 0.0142. The fourth-order valence-electron chi connectivity index (χ4n) is 4.71. The van der Waals surface area contributed by atoms with Crippen molar-refractivity contribution in [2.75, 3.05) is 5.32 Å². The SMILES string of the molecule is CC(=O)Nc1c(S(=O)(=O)c2ccc(C)cc2)c2nc3ccccc3nc2n1C1CCCCC1. The molecule has 7 nitrogen and oxygen atoms in total. The second kappa shape index (κ2) is 8.26. The van der Waals surface area contributed by atoms with E-state index in [1.807, 2.05) is 35.8 Å². The molecule has 0 spiro atoms. The lowest BCUT2D eigenvalue weighted by molar-refractivity contribution is -0.114. The molecule has 2 heterocycles. The van der Waals surface area contributed by atoms with E-state index in [-0.39, 0.29) is 27.6 Å². The summed E-state index contributed by atoms with van der Waals surface area (Å²) in [4.78, 5) is 22.0. The predicted molar refractivity (Wildman–Crippen MR) is 128 cm³/mol. The molecule has 1 aliphatic carbocycles. The smallest absolute Gasteiger partial charge is 0.222 e. The predicted octanol–water partition coefficient (Wildman–Crippen LogP) is 5.19. The van der Waals surface area contributed by atoms with E-state index in [1.54, 1.807) is 24.3 Å². The Morgan fingerprint density at radius 1 is 0.970 bits per heavy atom. The molecule has 8 heteroatoms.